The van der Waals surface area contributed by atoms with Crippen molar-refractivity contribution < 1.29 is 13.2 Å². The molecule has 2 rings (SSSR count). The van der Waals surface area contributed by atoms with Crippen LogP contribution < -0.4 is 5.32 Å². The van der Waals surface area contributed by atoms with E-state index in [1.54, 1.807) is 7.05 Å². The van der Waals surface area contributed by atoms with Gasteiger partial charge in [0, 0.05) is 45.8 Å². The van der Waals surface area contributed by atoms with E-state index < -0.39 is 12.7 Å². The zero-order chi connectivity index (χ0) is 18.4. The van der Waals surface area contributed by atoms with Crippen molar-refractivity contribution in [1.82, 2.24) is 24.9 Å². The van der Waals surface area contributed by atoms with Crippen LogP contribution in [0.3, 0.4) is 0 Å². The summed E-state index contributed by atoms with van der Waals surface area (Å²) in [6, 6.07) is 0. The number of nitrogens with zero attached hydrogens (tertiary/aromatic N) is 5. The van der Waals surface area contributed by atoms with Crippen LogP contribution in [-0.2, 0) is 7.05 Å². The lowest BCUT2D eigenvalue weighted by Crippen LogP contribution is -2.41. The Labute approximate surface area is 146 Å². The van der Waals surface area contributed by atoms with Gasteiger partial charge in [-0.2, -0.15) is 18.3 Å². The predicted octanol–water partition coefficient (Wildman–Crippen LogP) is 1.67. The molecule has 1 aromatic rings. The summed E-state index contributed by atoms with van der Waals surface area (Å²) >= 11 is 0. The third kappa shape index (κ3) is 6.22. The maximum atomic E-state index is 12.3. The van der Waals surface area contributed by atoms with E-state index >= 15 is 0 Å². The lowest BCUT2D eigenvalue weighted by Gasteiger charge is -2.22. The van der Waals surface area contributed by atoms with Gasteiger partial charge in [0.1, 0.15) is 0 Å². The Bertz CT molecular complexity index is 568. The van der Waals surface area contributed by atoms with Crippen LogP contribution in [0.25, 0.3) is 0 Å². The van der Waals surface area contributed by atoms with Crippen LogP contribution in [0.2, 0.25) is 0 Å². The highest BCUT2D eigenvalue weighted by Gasteiger charge is 2.29. The normalized spacial score (nSPS) is 19.1. The number of hydrogen-bond acceptors (Lipinski definition) is 3. The molecule has 142 valence electrons. The topological polar surface area (TPSA) is 48.7 Å². The zero-order valence-corrected chi connectivity index (χ0v) is 15.1. The minimum Gasteiger partial charge on any atom is -0.356 e. The molecule has 1 aromatic heterocycles. The SMILES string of the molecule is CN=C(NCCCN(C)CC(F)(F)F)N1CCC(c2cnn(C)c2)C1. The summed E-state index contributed by atoms with van der Waals surface area (Å²) in [5.74, 6) is 1.25. The molecule has 1 atom stereocenters. The lowest BCUT2D eigenvalue weighted by atomic mass is 10.0. The number of halogens is 3. The van der Waals surface area contributed by atoms with Gasteiger partial charge in [-0.25, -0.2) is 0 Å². The molecule has 0 aliphatic carbocycles. The highest BCUT2D eigenvalue weighted by atomic mass is 19.4. The van der Waals surface area contributed by atoms with Crippen molar-refractivity contribution in [3.8, 4) is 0 Å². The molecule has 0 bridgehead atoms. The van der Waals surface area contributed by atoms with Gasteiger partial charge in [-0.15, -0.1) is 0 Å². The molecule has 0 saturated carbocycles. The Kier molecular flexibility index (Phi) is 6.69. The number of aromatic nitrogens is 2. The number of nitrogens with one attached hydrogen (secondary N) is 1. The van der Waals surface area contributed by atoms with Crippen LogP contribution in [0.5, 0.6) is 0 Å². The highest BCUT2D eigenvalue weighted by molar-refractivity contribution is 5.80. The van der Waals surface area contributed by atoms with Crippen LogP contribution in [0.15, 0.2) is 17.4 Å². The first-order chi connectivity index (χ1) is 11.8. The summed E-state index contributed by atoms with van der Waals surface area (Å²) in [6.45, 7) is 1.90. The van der Waals surface area contributed by atoms with Crippen molar-refractivity contribution >= 4 is 5.96 Å². The first-order valence-corrected chi connectivity index (χ1v) is 8.48. The average Bonchev–Trinajstić information content (AvgIpc) is 3.14. The average molecular weight is 360 g/mol. The summed E-state index contributed by atoms with van der Waals surface area (Å²) < 4.78 is 38.7. The Morgan fingerprint density at radius 2 is 2.24 bits per heavy atom. The van der Waals surface area contributed by atoms with Crippen molar-refractivity contribution in [2.75, 3.05) is 46.8 Å². The van der Waals surface area contributed by atoms with Gasteiger partial charge < -0.3 is 10.2 Å². The quantitative estimate of drug-likeness (QED) is 0.476. The Morgan fingerprint density at radius 1 is 1.48 bits per heavy atom. The number of likely N-dealkylation sites (tertiary alicyclic amines) is 1. The van der Waals surface area contributed by atoms with Gasteiger partial charge in [0.25, 0.3) is 0 Å². The monoisotopic (exact) mass is 360 g/mol. The van der Waals surface area contributed by atoms with E-state index in [0.717, 1.165) is 25.5 Å². The molecule has 1 saturated heterocycles. The second kappa shape index (κ2) is 8.55. The number of aliphatic imine (C=N–C) groups is 1. The smallest absolute Gasteiger partial charge is 0.356 e. The van der Waals surface area contributed by atoms with E-state index in [9.17, 15) is 13.2 Å². The van der Waals surface area contributed by atoms with E-state index in [4.69, 9.17) is 0 Å². The predicted molar refractivity (Wildman–Crippen MR) is 91.7 cm³/mol. The zero-order valence-electron chi connectivity index (χ0n) is 15.1. The largest absolute Gasteiger partial charge is 0.401 e. The minimum absolute atomic E-state index is 0.391. The molecule has 1 unspecified atom stereocenters. The van der Waals surface area contributed by atoms with Crippen molar-refractivity contribution in [1.29, 1.82) is 0 Å². The van der Waals surface area contributed by atoms with Crippen LogP contribution in [0.4, 0.5) is 13.2 Å². The number of hydrogen-bond donors (Lipinski definition) is 1. The van der Waals surface area contributed by atoms with Gasteiger partial charge in [0.2, 0.25) is 0 Å². The third-order valence-electron chi connectivity index (χ3n) is 4.34. The van der Waals surface area contributed by atoms with Crippen LogP contribution in [-0.4, -0.2) is 78.5 Å². The maximum absolute atomic E-state index is 12.3. The second-order valence-electron chi connectivity index (χ2n) is 6.56. The molecule has 1 N–H and O–H groups in total. The van der Waals surface area contributed by atoms with E-state index in [1.807, 2.05) is 24.1 Å². The molecule has 0 spiro atoms. The van der Waals surface area contributed by atoms with Crippen molar-refractivity contribution in [2.45, 2.75) is 24.9 Å². The van der Waals surface area contributed by atoms with Gasteiger partial charge in [0.15, 0.2) is 5.96 Å². The fourth-order valence-electron chi connectivity index (χ4n) is 3.14. The van der Waals surface area contributed by atoms with E-state index in [2.05, 4.69) is 20.3 Å². The Balaban J connectivity index is 1.72. The lowest BCUT2D eigenvalue weighted by molar-refractivity contribution is -0.143. The maximum Gasteiger partial charge on any atom is 0.401 e. The summed E-state index contributed by atoms with van der Waals surface area (Å²) in [4.78, 5) is 7.78. The molecule has 2 heterocycles. The fourth-order valence-corrected chi connectivity index (χ4v) is 3.14. The molecule has 25 heavy (non-hydrogen) atoms. The molecule has 9 heteroatoms. The molecule has 1 aliphatic rings. The summed E-state index contributed by atoms with van der Waals surface area (Å²) in [5, 5.41) is 7.48. The molecular formula is C16H27F3N6. The van der Waals surface area contributed by atoms with Crippen molar-refractivity contribution in [3.05, 3.63) is 18.0 Å². The van der Waals surface area contributed by atoms with E-state index in [-0.39, 0.29) is 0 Å². The van der Waals surface area contributed by atoms with Crippen molar-refractivity contribution in [3.63, 3.8) is 0 Å². The molecule has 1 aliphatic heterocycles. The number of guanidine groups is 1. The molecule has 0 amide bonds. The first-order valence-electron chi connectivity index (χ1n) is 8.48. The standard InChI is InChI=1S/C16H27F3N6/c1-20-15(21-6-4-7-23(2)12-16(17,18)19)25-8-5-13(11-25)14-9-22-24(3)10-14/h9-10,13H,4-8,11-12H2,1-3H3,(H,20,21). The van der Waals surface area contributed by atoms with Gasteiger partial charge in [-0.3, -0.25) is 14.6 Å². The van der Waals surface area contributed by atoms with E-state index in [1.165, 1.54) is 17.5 Å². The minimum atomic E-state index is -4.14. The van der Waals surface area contributed by atoms with Crippen LogP contribution >= 0.6 is 0 Å². The summed E-state index contributed by atoms with van der Waals surface area (Å²) in [7, 11) is 5.13. The van der Waals surface area contributed by atoms with Gasteiger partial charge in [0.05, 0.1) is 12.7 Å². The number of rotatable bonds is 6. The molecule has 1 fully saturated rings. The third-order valence-corrected chi connectivity index (χ3v) is 4.34. The summed E-state index contributed by atoms with van der Waals surface area (Å²) in [5.41, 5.74) is 1.23. The first kappa shape index (κ1) is 19.6. The molecule has 0 radical (unpaired) electrons. The van der Waals surface area contributed by atoms with Gasteiger partial charge in [-0.1, -0.05) is 0 Å². The number of alkyl halides is 3. The number of aryl methyl sites for hydroxylation is 1. The van der Waals surface area contributed by atoms with E-state index in [0.29, 0.717) is 25.4 Å². The summed E-state index contributed by atoms with van der Waals surface area (Å²) in [6.07, 6.45) is 1.48. The second-order valence-corrected chi connectivity index (χ2v) is 6.56. The molecule has 0 aromatic carbocycles. The molecular weight excluding hydrogens is 333 g/mol. The van der Waals surface area contributed by atoms with Gasteiger partial charge >= 0.3 is 6.18 Å². The fraction of sp³-hybridized carbons (Fsp3) is 0.750. The Hall–Kier alpha value is -1.77. The van der Waals surface area contributed by atoms with Gasteiger partial charge in [-0.05, 0) is 32.0 Å². The van der Waals surface area contributed by atoms with Crippen molar-refractivity contribution in [2.24, 2.45) is 12.0 Å². The molecule has 6 nitrogen and oxygen atoms in total. The Morgan fingerprint density at radius 3 is 2.84 bits per heavy atom. The van der Waals surface area contributed by atoms with Crippen LogP contribution in [0, 0.1) is 0 Å². The van der Waals surface area contributed by atoms with Crippen LogP contribution in [0.1, 0.15) is 24.3 Å². The highest BCUT2D eigenvalue weighted by Crippen LogP contribution is 2.26.